The summed E-state index contributed by atoms with van der Waals surface area (Å²) in [6.07, 6.45) is 2.36. The molecule has 2 heterocycles. The molecule has 1 atom stereocenters. The van der Waals surface area contributed by atoms with E-state index >= 15 is 0 Å². The molecule has 0 bridgehead atoms. The van der Waals surface area contributed by atoms with E-state index in [-0.39, 0.29) is 18.6 Å². The lowest BCUT2D eigenvalue weighted by Crippen LogP contribution is -2.34. The minimum Gasteiger partial charge on any atom is -0.484 e. The van der Waals surface area contributed by atoms with Crippen LogP contribution in [0.25, 0.3) is 0 Å². The van der Waals surface area contributed by atoms with Gasteiger partial charge in [-0.3, -0.25) is 9.59 Å². The molecular weight excluding hydrogens is 324 g/mol. The smallest absolute Gasteiger partial charge is 0.261 e. The number of carbonyl (C=O) groups excluding carboxylic acids is 2. The van der Waals surface area contributed by atoms with Gasteiger partial charge in [0.2, 0.25) is 11.8 Å². The van der Waals surface area contributed by atoms with Gasteiger partial charge in [-0.25, -0.2) is 0 Å². The van der Waals surface area contributed by atoms with Crippen LogP contribution in [-0.2, 0) is 11.2 Å². The first kappa shape index (κ1) is 16.9. The predicted octanol–water partition coefficient (Wildman–Crippen LogP) is 1.47. The maximum atomic E-state index is 12.5. The van der Waals surface area contributed by atoms with Crippen LogP contribution in [0.2, 0.25) is 0 Å². The molecule has 0 radical (unpaired) electrons. The molecule has 3 rings (SSSR count). The van der Waals surface area contributed by atoms with Crippen molar-refractivity contribution in [3.63, 3.8) is 0 Å². The van der Waals surface area contributed by atoms with E-state index in [1.54, 1.807) is 29.2 Å². The third kappa shape index (κ3) is 3.78. The molecule has 1 aliphatic heterocycles. The van der Waals surface area contributed by atoms with Crippen LogP contribution in [-0.4, -0.2) is 40.0 Å². The summed E-state index contributed by atoms with van der Waals surface area (Å²) in [7, 11) is 0. The number of likely N-dealkylation sites (tertiary alicyclic amines) is 1. The second-order valence-corrected chi connectivity index (χ2v) is 5.82. The van der Waals surface area contributed by atoms with Gasteiger partial charge >= 0.3 is 0 Å². The number of ether oxygens (including phenoxy) is 1. The highest BCUT2D eigenvalue weighted by molar-refractivity contribution is 5.92. The quantitative estimate of drug-likeness (QED) is 0.849. The van der Waals surface area contributed by atoms with Crippen molar-refractivity contribution in [1.82, 2.24) is 15.0 Å². The number of aromatic nitrogens is 2. The van der Waals surface area contributed by atoms with Crippen molar-refractivity contribution in [2.45, 2.75) is 32.2 Å². The normalized spacial score (nSPS) is 16.8. The minimum atomic E-state index is -0.505. The second kappa shape index (κ2) is 7.33. The largest absolute Gasteiger partial charge is 0.484 e. The lowest BCUT2D eigenvalue weighted by atomic mass is 10.2. The molecular formula is C17H20N4O4. The van der Waals surface area contributed by atoms with Gasteiger partial charge in [-0.05, 0) is 37.1 Å². The molecule has 1 aliphatic rings. The van der Waals surface area contributed by atoms with Gasteiger partial charge in [-0.1, -0.05) is 12.1 Å². The summed E-state index contributed by atoms with van der Waals surface area (Å²) in [5.41, 5.74) is 5.58. The lowest BCUT2D eigenvalue weighted by molar-refractivity contribution is -0.134. The highest BCUT2D eigenvalue weighted by atomic mass is 16.5. The molecule has 1 aromatic carbocycles. The predicted molar refractivity (Wildman–Crippen MR) is 87.8 cm³/mol. The minimum absolute atomic E-state index is 0.0924. The van der Waals surface area contributed by atoms with Crippen LogP contribution >= 0.6 is 0 Å². The number of nitrogens with two attached hydrogens (primary N) is 1. The lowest BCUT2D eigenvalue weighted by Gasteiger charge is -2.22. The van der Waals surface area contributed by atoms with Crippen molar-refractivity contribution in [3.05, 3.63) is 41.5 Å². The highest BCUT2D eigenvalue weighted by Crippen LogP contribution is 2.30. The SMILES string of the molecule is CCc1nc([C@@H]2CCCN2C(=O)COc2ccc(C(N)=O)cc2)no1. The molecule has 1 fully saturated rings. The number of hydrogen-bond donors (Lipinski definition) is 1. The summed E-state index contributed by atoms with van der Waals surface area (Å²) >= 11 is 0. The van der Waals surface area contributed by atoms with Gasteiger partial charge in [-0.15, -0.1) is 0 Å². The van der Waals surface area contributed by atoms with E-state index in [1.807, 2.05) is 6.92 Å². The maximum absolute atomic E-state index is 12.5. The van der Waals surface area contributed by atoms with Crippen molar-refractivity contribution in [3.8, 4) is 5.75 Å². The Bertz CT molecular complexity index is 756. The molecule has 0 saturated carbocycles. The Morgan fingerprint density at radius 1 is 1.36 bits per heavy atom. The van der Waals surface area contributed by atoms with Crippen molar-refractivity contribution in [2.75, 3.05) is 13.2 Å². The monoisotopic (exact) mass is 344 g/mol. The zero-order valence-electron chi connectivity index (χ0n) is 14.0. The van der Waals surface area contributed by atoms with Gasteiger partial charge in [0.1, 0.15) is 5.75 Å². The molecule has 0 aliphatic carbocycles. The summed E-state index contributed by atoms with van der Waals surface area (Å²) < 4.78 is 10.7. The van der Waals surface area contributed by atoms with Gasteiger partial charge in [0.05, 0.1) is 6.04 Å². The zero-order chi connectivity index (χ0) is 17.8. The molecule has 2 N–H and O–H groups in total. The molecule has 1 aromatic heterocycles. The summed E-state index contributed by atoms with van der Waals surface area (Å²) in [4.78, 5) is 29.6. The molecule has 0 spiro atoms. The Morgan fingerprint density at radius 3 is 2.76 bits per heavy atom. The molecule has 2 amide bonds. The molecule has 132 valence electrons. The average molecular weight is 344 g/mol. The van der Waals surface area contributed by atoms with Gasteiger partial charge in [0, 0.05) is 18.5 Å². The summed E-state index contributed by atoms with van der Waals surface area (Å²) in [6.45, 7) is 2.49. The summed E-state index contributed by atoms with van der Waals surface area (Å²) in [6, 6.07) is 6.18. The van der Waals surface area contributed by atoms with Gasteiger partial charge in [-0.2, -0.15) is 4.98 Å². The van der Waals surface area contributed by atoms with Crippen molar-refractivity contribution < 1.29 is 18.8 Å². The van der Waals surface area contributed by atoms with E-state index in [9.17, 15) is 9.59 Å². The molecule has 2 aromatic rings. The van der Waals surface area contributed by atoms with Crippen LogP contribution in [0, 0.1) is 0 Å². The van der Waals surface area contributed by atoms with Crippen LogP contribution in [0.5, 0.6) is 5.75 Å². The number of benzene rings is 1. The molecule has 8 nitrogen and oxygen atoms in total. The number of amides is 2. The van der Waals surface area contributed by atoms with Crippen LogP contribution in [0.3, 0.4) is 0 Å². The average Bonchev–Trinajstić information content (AvgIpc) is 3.28. The van der Waals surface area contributed by atoms with E-state index in [0.717, 1.165) is 12.8 Å². The van der Waals surface area contributed by atoms with E-state index in [4.69, 9.17) is 15.0 Å². The number of carbonyl (C=O) groups is 2. The molecule has 1 saturated heterocycles. The Labute approximate surface area is 144 Å². The Hall–Kier alpha value is -2.90. The van der Waals surface area contributed by atoms with E-state index in [2.05, 4.69) is 10.1 Å². The number of nitrogens with zero attached hydrogens (tertiary/aromatic N) is 3. The fraction of sp³-hybridized carbons (Fsp3) is 0.412. The van der Waals surface area contributed by atoms with E-state index in [1.165, 1.54) is 0 Å². The molecule has 25 heavy (non-hydrogen) atoms. The fourth-order valence-electron chi connectivity index (χ4n) is 2.82. The standard InChI is InChI=1S/C17H20N4O4/c1-2-14-19-17(20-25-14)13-4-3-9-21(13)15(22)10-24-12-7-5-11(6-8-12)16(18)23/h5-8,13H,2-4,9-10H2,1H3,(H2,18,23)/t13-/m0/s1. The van der Waals surface area contributed by atoms with Gasteiger partial charge < -0.3 is 19.9 Å². The number of aryl methyl sites for hydroxylation is 1. The highest BCUT2D eigenvalue weighted by Gasteiger charge is 2.33. The van der Waals surface area contributed by atoms with E-state index in [0.29, 0.717) is 36.0 Å². The van der Waals surface area contributed by atoms with Crippen LogP contribution in [0.15, 0.2) is 28.8 Å². The Kier molecular flexibility index (Phi) is 4.97. The van der Waals surface area contributed by atoms with Crippen LogP contribution in [0.1, 0.15) is 47.9 Å². The first-order valence-electron chi connectivity index (χ1n) is 8.23. The Morgan fingerprint density at radius 2 is 2.12 bits per heavy atom. The fourth-order valence-corrected chi connectivity index (χ4v) is 2.82. The summed E-state index contributed by atoms with van der Waals surface area (Å²) in [5, 5.41) is 3.98. The van der Waals surface area contributed by atoms with Crippen LogP contribution < -0.4 is 10.5 Å². The first-order valence-corrected chi connectivity index (χ1v) is 8.23. The van der Waals surface area contributed by atoms with Gasteiger partial charge in [0.15, 0.2) is 12.4 Å². The molecule has 8 heteroatoms. The summed E-state index contributed by atoms with van der Waals surface area (Å²) in [5.74, 6) is 0.981. The van der Waals surface area contributed by atoms with Gasteiger partial charge in [0.25, 0.3) is 5.91 Å². The maximum Gasteiger partial charge on any atom is 0.261 e. The number of rotatable bonds is 6. The number of hydrogen-bond acceptors (Lipinski definition) is 6. The molecule has 0 unspecified atom stereocenters. The zero-order valence-corrected chi connectivity index (χ0v) is 14.0. The van der Waals surface area contributed by atoms with Crippen LogP contribution in [0.4, 0.5) is 0 Å². The number of primary amides is 1. The topological polar surface area (TPSA) is 112 Å². The second-order valence-electron chi connectivity index (χ2n) is 5.82. The third-order valence-corrected chi connectivity index (χ3v) is 4.16. The van der Waals surface area contributed by atoms with Crippen molar-refractivity contribution in [1.29, 1.82) is 0 Å². The third-order valence-electron chi connectivity index (χ3n) is 4.16. The van der Waals surface area contributed by atoms with Crippen molar-refractivity contribution in [2.24, 2.45) is 5.73 Å². The first-order chi connectivity index (χ1) is 12.1. The van der Waals surface area contributed by atoms with E-state index < -0.39 is 5.91 Å². The van der Waals surface area contributed by atoms with Crippen molar-refractivity contribution >= 4 is 11.8 Å². The Balaban J connectivity index is 1.60.